The quantitative estimate of drug-likeness (QED) is 0.868. The second-order valence-electron chi connectivity index (χ2n) is 3.85. The number of benzene rings is 1. The Bertz CT molecular complexity index is 595. The summed E-state index contributed by atoms with van der Waals surface area (Å²) in [7, 11) is 0. The summed E-state index contributed by atoms with van der Waals surface area (Å²) in [5.41, 5.74) is 1.84. The number of oxazole rings is 1. The van der Waals surface area contributed by atoms with Gasteiger partial charge in [-0.1, -0.05) is 17.7 Å². The van der Waals surface area contributed by atoms with Crippen LogP contribution in [0.2, 0.25) is 5.02 Å². The van der Waals surface area contributed by atoms with Gasteiger partial charge in [-0.05, 0) is 31.5 Å². The number of anilines is 2. The molecular weight excluding hydrogens is 268 g/mol. The molecule has 1 aromatic carbocycles. The molecule has 0 unspecified atom stereocenters. The van der Waals surface area contributed by atoms with E-state index >= 15 is 0 Å². The number of hydrogen-bond donors (Lipinski definition) is 1. The van der Waals surface area contributed by atoms with Crippen molar-refractivity contribution in [3.8, 4) is 0 Å². The van der Waals surface area contributed by atoms with Crippen molar-refractivity contribution in [3.63, 3.8) is 0 Å². The van der Waals surface area contributed by atoms with Crippen molar-refractivity contribution >= 4 is 29.3 Å². The van der Waals surface area contributed by atoms with Gasteiger partial charge in [0, 0.05) is 10.7 Å². The SMILES string of the molecule is CCOC(=O)c1coc(Nc2ccc(C)c(Cl)c2)n1. The number of nitrogens with one attached hydrogen (secondary N) is 1. The molecule has 0 radical (unpaired) electrons. The van der Waals surface area contributed by atoms with E-state index in [0.717, 1.165) is 11.3 Å². The first-order valence-electron chi connectivity index (χ1n) is 5.76. The Balaban J connectivity index is 2.11. The molecule has 0 saturated carbocycles. The van der Waals surface area contributed by atoms with Crippen LogP contribution in [-0.2, 0) is 4.74 Å². The van der Waals surface area contributed by atoms with Gasteiger partial charge in [-0.15, -0.1) is 0 Å². The number of ether oxygens (including phenoxy) is 1. The van der Waals surface area contributed by atoms with Gasteiger partial charge < -0.3 is 14.5 Å². The van der Waals surface area contributed by atoms with Gasteiger partial charge in [-0.25, -0.2) is 4.79 Å². The fraction of sp³-hybridized carbons (Fsp3) is 0.231. The number of hydrogen-bond acceptors (Lipinski definition) is 5. The second-order valence-corrected chi connectivity index (χ2v) is 4.25. The van der Waals surface area contributed by atoms with Crippen molar-refractivity contribution in [3.05, 3.63) is 40.7 Å². The molecule has 0 amide bonds. The van der Waals surface area contributed by atoms with Crippen LogP contribution < -0.4 is 5.32 Å². The minimum absolute atomic E-state index is 0.127. The van der Waals surface area contributed by atoms with Crippen molar-refractivity contribution in [2.75, 3.05) is 11.9 Å². The van der Waals surface area contributed by atoms with Gasteiger partial charge in [-0.2, -0.15) is 4.98 Å². The number of nitrogens with zero attached hydrogens (tertiary/aromatic N) is 1. The number of rotatable bonds is 4. The first-order valence-corrected chi connectivity index (χ1v) is 6.13. The highest BCUT2D eigenvalue weighted by atomic mass is 35.5. The average Bonchev–Trinajstić information content (AvgIpc) is 2.83. The molecule has 0 atom stereocenters. The topological polar surface area (TPSA) is 64.4 Å². The van der Waals surface area contributed by atoms with Crippen LogP contribution in [0.5, 0.6) is 0 Å². The van der Waals surface area contributed by atoms with E-state index in [4.69, 9.17) is 20.8 Å². The maximum absolute atomic E-state index is 11.4. The number of esters is 1. The maximum Gasteiger partial charge on any atom is 0.360 e. The van der Waals surface area contributed by atoms with Crippen molar-refractivity contribution < 1.29 is 13.9 Å². The lowest BCUT2D eigenvalue weighted by atomic mass is 10.2. The predicted molar refractivity (Wildman–Crippen MR) is 71.9 cm³/mol. The molecule has 0 spiro atoms. The lowest BCUT2D eigenvalue weighted by molar-refractivity contribution is 0.0519. The maximum atomic E-state index is 11.4. The summed E-state index contributed by atoms with van der Waals surface area (Å²) in [4.78, 5) is 15.4. The highest BCUT2D eigenvalue weighted by Crippen LogP contribution is 2.22. The van der Waals surface area contributed by atoms with Crippen molar-refractivity contribution in [2.45, 2.75) is 13.8 Å². The van der Waals surface area contributed by atoms with E-state index < -0.39 is 5.97 Å². The molecule has 1 N–H and O–H groups in total. The minimum Gasteiger partial charge on any atom is -0.461 e. The molecule has 6 heteroatoms. The molecular formula is C13H13ClN2O3. The van der Waals surface area contributed by atoms with Crippen molar-refractivity contribution in [2.24, 2.45) is 0 Å². The minimum atomic E-state index is -0.513. The summed E-state index contributed by atoms with van der Waals surface area (Å²) in [5, 5.41) is 3.56. The largest absolute Gasteiger partial charge is 0.461 e. The molecule has 2 aromatic rings. The van der Waals surface area contributed by atoms with Gasteiger partial charge >= 0.3 is 5.97 Å². The number of halogens is 1. The fourth-order valence-electron chi connectivity index (χ4n) is 1.42. The highest BCUT2D eigenvalue weighted by molar-refractivity contribution is 6.31. The molecule has 19 heavy (non-hydrogen) atoms. The zero-order valence-electron chi connectivity index (χ0n) is 10.6. The molecule has 0 aliphatic rings. The van der Waals surface area contributed by atoms with E-state index in [-0.39, 0.29) is 11.7 Å². The van der Waals surface area contributed by atoms with E-state index in [1.165, 1.54) is 6.26 Å². The molecule has 0 aliphatic carbocycles. The Hall–Kier alpha value is -2.01. The van der Waals surface area contributed by atoms with Crippen molar-refractivity contribution in [1.29, 1.82) is 0 Å². The Morgan fingerprint density at radius 2 is 2.32 bits per heavy atom. The van der Waals surface area contributed by atoms with Crippen molar-refractivity contribution in [1.82, 2.24) is 4.98 Å². The monoisotopic (exact) mass is 280 g/mol. The van der Waals surface area contributed by atoms with Crippen LogP contribution in [0.25, 0.3) is 0 Å². The van der Waals surface area contributed by atoms with Crippen LogP contribution in [0.3, 0.4) is 0 Å². The standard InChI is InChI=1S/C13H13ClN2O3/c1-3-18-12(17)11-7-19-13(16-11)15-9-5-4-8(2)10(14)6-9/h4-7H,3H2,1-2H3,(H,15,16). The summed E-state index contributed by atoms with van der Waals surface area (Å²) in [6.07, 6.45) is 1.25. The van der Waals surface area contributed by atoms with E-state index in [1.54, 1.807) is 13.0 Å². The fourth-order valence-corrected chi connectivity index (χ4v) is 1.60. The first kappa shape index (κ1) is 13.4. The molecule has 0 aliphatic heterocycles. The smallest absolute Gasteiger partial charge is 0.360 e. The van der Waals surface area contributed by atoms with E-state index in [9.17, 15) is 4.79 Å². The van der Waals surface area contributed by atoms with E-state index in [2.05, 4.69) is 10.3 Å². The van der Waals surface area contributed by atoms with Crippen LogP contribution in [0.1, 0.15) is 23.0 Å². The number of carbonyl (C=O) groups is 1. The van der Waals surface area contributed by atoms with Gasteiger partial charge in [0.05, 0.1) is 6.61 Å². The number of aryl methyl sites for hydroxylation is 1. The number of aromatic nitrogens is 1. The zero-order valence-corrected chi connectivity index (χ0v) is 11.3. The molecule has 2 rings (SSSR count). The Kier molecular flexibility index (Phi) is 4.06. The predicted octanol–water partition coefficient (Wildman–Crippen LogP) is 3.56. The van der Waals surface area contributed by atoms with Gasteiger partial charge in [0.1, 0.15) is 6.26 Å². The third-order valence-corrected chi connectivity index (χ3v) is 2.82. The Labute approximate surface area is 115 Å². The van der Waals surface area contributed by atoms with Crippen LogP contribution in [0.4, 0.5) is 11.7 Å². The molecule has 0 bridgehead atoms. The molecule has 100 valence electrons. The molecule has 1 aromatic heterocycles. The highest BCUT2D eigenvalue weighted by Gasteiger charge is 2.13. The summed E-state index contributed by atoms with van der Waals surface area (Å²) >= 11 is 6.01. The molecule has 0 saturated heterocycles. The third kappa shape index (κ3) is 3.26. The lowest BCUT2D eigenvalue weighted by Gasteiger charge is -2.03. The normalized spacial score (nSPS) is 10.3. The summed E-state index contributed by atoms with van der Waals surface area (Å²) in [6, 6.07) is 5.68. The van der Waals surface area contributed by atoms with Gasteiger partial charge in [0.2, 0.25) is 0 Å². The van der Waals surface area contributed by atoms with E-state index in [0.29, 0.717) is 11.6 Å². The zero-order chi connectivity index (χ0) is 13.8. The lowest BCUT2D eigenvalue weighted by Crippen LogP contribution is -2.04. The number of carbonyl (C=O) groups excluding carboxylic acids is 1. The summed E-state index contributed by atoms with van der Waals surface area (Å²) < 4.78 is 9.96. The van der Waals surface area contributed by atoms with Crippen LogP contribution >= 0.6 is 11.6 Å². The van der Waals surface area contributed by atoms with E-state index in [1.807, 2.05) is 19.1 Å². The van der Waals surface area contributed by atoms with Gasteiger partial charge in [0.25, 0.3) is 6.01 Å². The average molecular weight is 281 g/mol. The van der Waals surface area contributed by atoms with Crippen LogP contribution in [-0.4, -0.2) is 17.6 Å². The van der Waals surface area contributed by atoms with Crippen LogP contribution in [0.15, 0.2) is 28.9 Å². The Morgan fingerprint density at radius 3 is 3.00 bits per heavy atom. The van der Waals surface area contributed by atoms with Crippen LogP contribution in [0, 0.1) is 6.92 Å². The second kappa shape index (κ2) is 5.75. The molecule has 1 heterocycles. The third-order valence-electron chi connectivity index (χ3n) is 2.41. The first-order chi connectivity index (χ1) is 9.10. The molecule has 0 fully saturated rings. The van der Waals surface area contributed by atoms with Gasteiger partial charge in [0.15, 0.2) is 5.69 Å². The molecule has 5 nitrogen and oxygen atoms in total. The summed E-state index contributed by atoms with van der Waals surface area (Å²) in [6.45, 7) is 3.93. The summed E-state index contributed by atoms with van der Waals surface area (Å²) in [5.74, 6) is -0.513. The Morgan fingerprint density at radius 1 is 1.53 bits per heavy atom. The van der Waals surface area contributed by atoms with Gasteiger partial charge in [-0.3, -0.25) is 0 Å².